The summed E-state index contributed by atoms with van der Waals surface area (Å²) in [5, 5.41) is 13.1. The highest BCUT2D eigenvalue weighted by atomic mass is 16.3. The van der Waals surface area contributed by atoms with Gasteiger partial charge in [-0.1, -0.05) is 20.8 Å². The minimum absolute atomic E-state index is 0.141. The van der Waals surface area contributed by atoms with Crippen molar-refractivity contribution < 1.29 is 5.11 Å². The first-order chi connectivity index (χ1) is 8.94. The number of likely N-dealkylation sites (tertiary alicyclic amines) is 1. The highest BCUT2D eigenvalue weighted by Crippen LogP contribution is 2.38. The van der Waals surface area contributed by atoms with E-state index in [1.807, 2.05) is 0 Å². The van der Waals surface area contributed by atoms with E-state index < -0.39 is 0 Å². The van der Waals surface area contributed by atoms with Gasteiger partial charge in [-0.05, 0) is 58.0 Å². The van der Waals surface area contributed by atoms with Gasteiger partial charge in [0.25, 0.3) is 0 Å². The summed E-state index contributed by atoms with van der Waals surface area (Å²) < 4.78 is 0. The van der Waals surface area contributed by atoms with E-state index in [1.165, 1.54) is 32.4 Å². The fraction of sp³-hybridized carbons (Fsp3) is 1.00. The third kappa shape index (κ3) is 4.17. The van der Waals surface area contributed by atoms with Gasteiger partial charge in [0.2, 0.25) is 0 Å². The third-order valence-electron chi connectivity index (χ3n) is 5.29. The molecule has 0 aliphatic carbocycles. The van der Waals surface area contributed by atoms with Crippen molar-refractivity contribution in [3.63, 3.8) is 0 Å². The Morgan fingerprint density at radius 1 is 1.32 bits per heavy atom. The summed E-state index contributed by atoms with van der Waals surface area (Å²) in [6.45, 7) is 14.8. The van der Waals surface area contributed by atoms with Crippen LogP contribution in [-0.2, 0) is 0 Å². The SMILES string of the molecule is CCNC(C)(CO)CC(C)N1CCC(CC)(CC)C1. The fourth-order valence-electron chi connectivity index (χ4n) is 3.57. The molecule has 0 aromatic carbocycles. The number of hydrogen-bond acceptors (Lipinski definition) is 3. The molecule has 114 valence electrons. The molecule has 1 rings (SSSR count). The fourth-order valence-corrected chi connectivity index (χ4v) is 3.57. The van der Waals surface area contributed by atoms with Crippen LogP contribution in [0.25, 0.3) is 0 Å². The van der Waals surface area contributed by atoms with E-state index in [0.717, 1.165) is 13.0 Å². The third-order valence-corrected chi connectivity index (χ3v) is 5.29. The molecule has 2 atom stereocenters. The minimum Gasteiger partial charge on any atom is -0.394 e. The van der Waals surface area contributed by atoms with Crippen molar-refractivity contribution in [1.29, 1.82) is 0 Å². The molecule has 3 heteroatoms. The van der Waals surface area contributed by atoms with Gasteiger partial charge in [0, 0.05) is 18.1 Å². The number of nitrogens with one attached hydrogen (secondary N) is 1. The van der Waals surface area contributed by atoms with Gasteiger partial charge >= 0.3 is 0 Å². The van der Waals surface area contributed by atoms with Gasteiger partial charge in [0.15, 0.2) is 0 Å². The molecule has 2 unspecified atom stereocenters. The Labute approximate surface area is 119 Å². The number of aliphatic hydroxyl groups excluding tert-OH is 1. The van der Waals surface area contributed by atoms with Gasteiger partial charge in [-0.25, -0.2) is 0 Å². The van der Waals surface area contributed by atoms with Crippen LogP contribution in [0.1, 0.15) is 60.3 Å². The van der Waals surface area contributed by atoms with Crippen LogP contribution >= 0.6 is 0 Å². The van der Waals surface area contributed by atoms with Crippen LogP contribution < -0.4 is 5.32 Å². The van der Waals surface area contributed by atoms with E-state index in [4.69, 9.17) is 0 Å². The van der Waals surface area contributed by atoms with Crippen molar-refractivity contribution in [2.24, 2.45) is 5.41 Å². The Balaban J connectivity index is 2.57. The molecular weight excluding hydrogens is 236 g/mol. The highest BCUT2D eigenvalue weighted by molar-refractivity contribution is 4.93. The largest absolute Gasteiger partial charge is 0.394 e. The molecule has 0 bridgehead atoms. The first kappa shape index (κ1) is 16.9. The lowest BCUT2D eigenvalue weighted by Crippen LogP contribution is -2.50. The van der Waals surface area contributed by atoms with E-state index in [1.54, 1.807) is 0 Å². The zero-order valence-corrected chi connectivity index (χ0v) is 13.6. The molecular formula is C16H34N2O. The molecule has 0 aromatic rings. The van der Waals surface area contributed by atoms with E-state index in [0.29, 0.717) is 11.5 Å². The number of nitrogens with zero attached hydrogens (tertiary/aromatic N) is 1. The zero-order valence-electron chi connectivity index (χ0n) is 13.6. The van der Waals surface area contributed by atoms with Gasteiger partial charge in [-0.15, -0.1) is 0 Å². The van der Waals surface area contributed by atoms with Crippen LogP contribution in [0.15, 0.2) is 0 Å². The van der Waals surface area contributed by atoms with E-state index in [9.17, 15) is 5.11 Å². The topological polar surface area (TPSA) is 35.5 Å². The van der Waals surface area contributed by atoms with E-state index in [2.05, 4.69) is 44.8 Å². The summed E-state index contributed by atoms with van der Waals surface area (Å²) in [5.41, 5.74) is 0.403. The first-order valence-electron chi connectivity index (χ1n) is 8.04. The van der Waals surface area contributed by atoms with Crippen LogP contribution in [0.2, 0.25) is 0 Å². The second-order valence-electron chi connectivity index (χ2n) is 6.73. The summed E-state index contributed by atoms with van der Waals surface area (Å²) in [4.78, 5) is 2.62. The molecule has 0 amide bonds. The number of hydrogen-bond donors (Lipinski definition) is 2. The van der Waals surface area contributed by atoms with Crippen molar-refractivity contribution in [2.75, 3.05) is 26.2 Å². The lowest BCUT2D eigenvalue weighted by atomic mass is 9.82. The summed E-state index contributed by atoms with van der Waals surface area (Å²) >= 11 is 0. The molecule has 1 aliphatic rings. The number of likely N-dealkylation sites (N-methyl/N-ethyl adjacent to an activating group) is 1. The van der Waals surface area contributed by atoms with E-state index >= 15 is 0 Å². The predicted octanol–water partition coefficient (Wildman–Crippen LogP) is 2.64. The lowest BCUT2D eigenvalue weighted by molar-refractivity contribution is 0.119. The molecule has 1 aliphatic heterocycles. The number of rotatable bonds is 8. The molecule has 0 aromatic heterocycles. The van der Waals surface area contributed by atoms with Gasteiger partial charge in [-0.2, -0.15) is 0 Å². The molecule has 1 fully saturated rings. The molecule has 0 spiro atoms. The van der Waals surface area contributed by atoms with Crippen LogP contribution in [0.4, 0.5) is 0 Å². The molecule has 2 N–H and O–H groups in total. The zero-order chi connectivity index (χ0) is 14.5. The standard InChI is InChI=1S/C16H34N2O/c1-6-16(7-2)9-10-18(12-16)14(4)11-15(5,13-19)17-8-3/h14,17,19H,6-13H2,1-5H3. The lowest BCUT2D eigenvalue weighted by Gasteiger charge is -2.36. The quantitative estimate of drug-likeness (QED) is 0.712. The Kier molecular flexibility index (Phi) is 6.28. The van der Waals surface area contributed by atoms with Crippen molar-refractivity contribution in [3.05, 3.63) is 0 Å². The van der Waals surface area contributed by atoms with Gasteiger partial charge in [0.1, 0.15) is 0 Å². The average Bonchev–Trinajstić information content (AvgIpc) is 2.84. The van der Waals surface area contributed by atoms with Gasteiger partial charge in [0.05, 0.1) is 6.61 Å². The Bertz CT molecular complexity index is 265. The predicted molar refractivity (Wildman–Crippen MR) is 82.5 cm³/mol. The Morgan fingerprint density at radius 3 is 2.37 bits per heavy atom. The maximum absolute atomic E-state index is 9.62. The summed E-state index contributed by atoms with van der Waals surface area (Å²) in [6, 6.07) is 0.538. The van der Waals surface area contributed by atoms with Crippen LogP contribution in [0.3, 0.4) is 0 Å². The van der Waals surface area contributed by atoms with Crippen LogP contribution in [-0.4, -0.2) is 47.8 Å². The van der Waals surface area contributed by atoms with Crippen LogP contribution in [0, 0.1) is 5.41 Å². The summed E-state index contributed by atoms with van der Waals surface area (Å²) in [6.07, 6.45) is 4.93. The minimum atomic E-state index is -0.141. The molecule has 0 radical (unpaired) electrons. The number of aliphatic hydroxyl groups is 1. The average molecular weight is 270 g/mol. The van der Waals surface area contributed by atoms with Crippen LogP contribution in [0.5, 0.6) is 0 Å². The molecule has 19 heavy (non-hydrogen) atoms. The smallest absolute Gasteiger partial charge is 0.0611 e. The van der Waals surface area contributed by atoms with Crippen molar-refractivity contribution >= 4 is 0 Å². The van der Waals surface area contributed by atoms with Crippen molar-refractivity contribution in [3.8, 4) is 0 Å². The normalized spacial score (nSPS) is 24.3. The first-order valence-corrected chi connectivity index (χ1v) is 8.04. The second kappa shape index (κ2) is 7.05. The summed E-state index contributed by atoms with van der Waals surface area (Å²) in [5.74, 6) is 0. The molecule has 3 nitrogen and oxygen atoms in total. The maximum Gasteiger partial charge on any atom is 0.0611 e. The van der Waals surface area contributed by atoms with E-state index in [-0.39, 0.29) is 12.1 Å². The van der Waals surface area contributed by atoms with Gasteiger partial charge in [-0.3, -0.25) is 0 Å². The Morgan fingerprint density at radius 2 is 1.95 bits per heavy atom. The highest BCUT2D eigenvalue weighted by Gasteiger charge is 2.38. The molecule has 1 saturated heterocycles. The monoisotopic (exact) mass is 270 g/mol. The van der Waals surface area contributed by atoms with Crippen molar-refractivity contribution in [2.45, 2.75) is 71.9 Å². The summed E-state index contributed by atoms with van der Waals surface area (Å²) in [7, 11) is 0. The van der Waals surface area contributed by atoms with Crippen molar-refractivity contribution in [1.82, 2.24) is 10.2 Å². The molecule has 1 heterocycles. The maximum atomic E-state index is 9.62. The van der Waals surface area contributed by atoms with Gasteiger partial charge < -0.3 is 15.3 Å². The molecule has 0 saturated carbocycles. The second-order valence-corrected chi connectivity index (χ2v) is 6.73. The Hall–Kier alpha value is -0.120.